The van der Waals surface area contributed by atoms with E-state index in [1.165, 1.54) is 0 Å². The van der Waals surface area contributed by atoms with Gasteiger partial charge in [0, 0.05) is 52.4 Å². The lowest BCUT2D eigenvalue weighted by Gasteiger charge is -2.36. The Hall–Kier alpha value is -1.07. The van der Waals surface area contributed by atoms with Crippen LogP contribution < -0.4 is 5.32 Å². The first-order valence-corrected chi connectivity index (χ1v) is 8.61. The minimum Gasteiger partial charge on any atom is -0.357 e. The van der Waals surface area contributed by atoms with Crippen LogP contribution >= 0.6 is 0 Å². The van der Waals surface area contributed by atoms with Crippen molar-refractivity contribution in [2.45, 2.75) is 32.7 Å². The number of allylic oxidation sites excluding steroid dienone is 1. The molecule has 0 amide bonds. The Morgan fingerprint density at radius 2 is 2.05 bits per heavy atom. The van der Waals surface area contributed by atoms with E-state index in [0.717, 1.165) is 64.6 Å². The Bertz CT molecular complexity index is 334. The highest BCUT2D eigenvalue weighted by atomic mass is 15.3. The Kier molecular flexibility index (Phi) is 9.16. The monoisotopic (exact) mass is 309 g/mol. The molecule has 5 heteroatoms. The first-order chi connectivity index (χ1) is 10.6. The molecule has 0 saturated carbocycles. The summed E-state index contributed by atoms with van der Waals surface area (Å²) in [4.78, 5) is 12.0. The summed E-state index contributed by atoms with van der Waals surface area (Å²) in [5, 5.41) is 3.40. The Morgan fingerprint density at radius 1 is 1.36 bits per heavy atom. The minimum atomic E-state index is 0.504. The lowest BCUT2D eigenvalue weighted by Crippen LogP contribution is -2.49. The van der Waals surface area contributed by atoms with Crippen LogP contribution in [0.4, 0.5) is 0 Å². The number of likely N-dealkylation sites (N-methyl/N-ethyl adjacent to an activating group) is 1. The lowest BCUT2D eigenvalue weighted by atomic mass is 10.2. The molecule has 0 aliphatic carbocycles. The number of hydrogen-bond donors (Lipinski definition) is 1. The third kappa shape index (κ3) is 6.79. The van der Waals surface area contributed by atoms with Gasteiger partial charge in [-0.15, -0.1) is 6.58 Å². The third-order valence-electron chi connectivity index (χ3n) is 4.26. The van der Waals surface area contributed by atoms with Crippen molar-refractivity contribution in [1.82, 2.24) is 20.0 Å². The molecule has 22 heavy (non-hydrogen) atoms. The van der Waals surface area contributed by atoms with Crippen molar-refractivity contribution in [3.05, 3.63) is 12.7 Å². The second kappa shape index (κ2) is 10.6. The second-order valence-electron chi connectivity index (χ2n) is 6.24. The fourth-order valence-electron chi connectivity index (χ4n) is 2.65. The van der Waals surface area contributed by atoms with Gasteiger partial charge in [0.1, 0.15) is 0 Å². The van der Waals surface area contributed by atoms with Gasteiger partial charge in [-0.3, -0.25) is 9.89 Å². The summed E-state index contributed by atoms with van der Waals surface area (Å²) in [6.07, 6.45) is 4.16. The Balaban J connectivity index is 2.47. The summed E-state index contributed by atoms with van der Waals surface area (Å²) < 4.78 is 0. The summed E-state index contributed by atoms with van der Waals surface area (Å²) in [7, 11) is 4.31. The van der Waals surface area contributed by atoms with Crippen LogP contribution in [-0.4, -0.2) is 86.6 Å². The van der Waals surface area contributed by atoms with Gasteiger partial charge in [0.2, 0.25) is 0 Å². The molecule has 1 unspecified atom stereocenters. The van der Waals surface area contributed by atoms with Gasteiger partial charge in [-0.05, 0) is 33.7 Å². The zero-order valence-electron chi connectivity index (χ0n) is 15.0. The Labute approximate surface area is 137 Å². The van der Waals surface area contributed by atoms with Crippen molar-refractivity contribution >= 4 is 5.96 Å². The number of unbranched alkanes of at least 4 members (excludes halogenated alkanes) is 1. The summed E-state index contributed by atoms with van der Waals surface area (Å²) in [6.45, 7) is 15.6. The van der Waals surface area contributed by atoms with E-state index in [1.54, 1.807) is 0 Å². The van der Waals surface area contributed by atoms with Gasteiger partial charge in [-0.2, -0.15) is 0 Å². The minimum absolute atomic E-state index is 0.504. The van der Waals surface area contributed by atoms with E-state index >= 15 is 0 Å². The first-order valence-electron chi connectivity index (χ1n) is 8.61. The molecule has 0 aromatic heterocycles. The average Bonchev–Trinajstić information content (AvgIpc) is 2.52. The predicted molar refractivity (Wildman–Crippen MR) is 96.6 cm³/mol. The first kappa shape index (κ1) is 19.0. The number of rotatable bonds is 8. The molecule has 0 aromatic rings. The summed E-state index contributed by atoms with van der Waals surface area (Å²) >= 11 is 0. The second-order valence-corrected chi connectivity index (χ2v) is 6.24. The standard InChI is InChI=1S/C17H35N5/c1-6-8-9-10-21(5)17(18-7-2)19-15-16(3)22-13-11-20(4)12-14-22/h6,16H,1,7-15H2,2-5H3,(H,18,19). The summed E-state index contributed by atoms with van der Waals surface area (Å²) in [5.74, 6) is 1.02. The Morgan fingerprint density at radius 3 is 2.64 bits per heavy atom. The van der Waals surface area contributed by atoms with E-state index in [4.69, 9.17) is 4.99 Å². The van der Waals surface area contributed by atoms with Crippen molar-refractivity contribution in [2.24, 2.45) is 4.99 Å². The highest BCUT2D eigenvalue weighted by Gasteiger charge is 2.19. The highest BCUT2D eigenvalue weighted by molar-refractivity contribution is 5.79. The molecule has 1 N–H and O–H groups in total. The van der Waals surface area contributed by atoms with Crippen LogP contribution in [0.1, 0.15) is 26.7 Å². The van der Waals surface area contributed by atoms with Gasteiger partial charge < -0.3 is 15.1 Å². The molecule has 0 aromatic carbocycles. The zero-order valence-corrected chi connectivity index (χ0v) is 15.0. The molecule has 1 fully saturated rings. The van der Waals surface area contributed by atoms with E-state index in [0.29, 0.717) is 6.04 Å². The van der Waals surface area contributed by atoms with Gasteiger partial charge in [0.25, 0.3) is 0 Å². The normalized spacial score (nSPS) is 19.0. The fraction of sp³-hybridized carbons (Fsp3) is 0.824. The molecular formula is C17H35N5. The zero-order chi connectivity index (χ0) is 16.4. The summed E-state index contributed by atoms with van der Waals surface area (Å²) in [6, 6.07) is 0.504. The van der Waals surface area contributed by atoms with Crippen LogP contribution in [0.15, 0.2) is 17.6 Å². The van der Waals surface area contributed by atoms with E-state index in [-0.39, 0.29) is 0 Å². The van der Waals surface area contributed by atoms with Crippen LogP contribution in [0.3, 0.4) is 0 Å². The topological polar surface area (TPSA) is 34.1 Å². The molecule has 1 saturated heterocycles. The molecule has 128 valence electrons. The highest BCUT2D eigenvalue weighted by Crippen LogP contribution is 2.05. The van der Waals surface area contributed by atoms with Crippen molar-refractivity contribution in [3.63, 3.8) is 0 Å². The predicted octanol–water partition coefficient (Wildman–Crippen LogP) is 1.49. The van der Waals surface area contributed by atoms with Crippen LogP contribution in [0.25, 0.3) is 0 Å². The molecule has 1 heterocycles. The molecule has 0 bridgehead atoms. The lowest BCUT2D eigenvalue weighted by molar-refractivity contribution is 0.122. The molecule has 1 atom stereocenters. The average molecular weight is 310 g/mol. The van der Waals surface area contributed by atoms with Gasteiger partial charge in [-0.1, -0.05) is 6.08 Å². The number of guanidine groups is 1. The number of hydrogen-bond acceptors (Lipinski definition) is 3. The quantitative estimate of drug-likeness (QED) is 0.319. The van der Waals surface area contributed by atoms with Crippen LogP contribution in [-0.2, 0) is 0 Å². The van der Waals surface area contributed by atoms with Gasteiger partial charge in [0.15, 0.2) is 5.96 Å². The smallest absolute Gasteiger partial charge is 0.193 e. The third-order valence-corrected chi connectivity index (χ3v) is 4.26. The molecule has 0 radical (unpaired) electrons. The molecular weight excluding hydrogens is 274 g/mol. The molecule has 1 aliphatic heterocycles. The molecule has 1 aliphatic rings. The molecule has 1 rings (SSSR count). The van der Waals surface area contributed by atoms with E-state index in [1.807, 2.05) is 6.08 Å². The maximum atomic E-state index is 4.84. The van der Waals surface area contributed by atoms with Gasteiger partial charge in [-0.25, -0.2) is 0 Å². The van der Waals surface area contributed by atoms with Crippen molar-refractivity contribution < 1.29 is 0 Å². The van der Waals surface area contributed by atoms with Crippen LogP contribution in [0.2, 0.25) is 0 Å². The number of nitrogens with zero attached hydrogens (tertiary/aromatic N) is 4. The maximum absolute atomic E-state index is 4.84. The number of piperazine rings is 1. The molecule has 5 nitrogen and oxygen atoms in total. The summed E-state index contributed by atoms with van der Waals surface area (Å²) in [5.41, 5.74) is 0. The number of aliphatic imine (C=N–C) groups is 1. The van der Waals surface area contributed by atoms with Crippen LogP contribution in [0, 0.1) is 0 Å². The van der Waals surface area contributed by atoms with Crippen molar-refractivity contribution in [1.29, 1.82) is 0 Å². The van der Waals surface area contributed by atoms with Gasteiger partial charge >= 0.3 is 0 Å². The largest absolute Gasteiger partial charge is 0.357 e. The van der Waals surface area contributed by atoms with E-state index in [2.05, 4.69) is 54.5 Å². The number of nitrogens with one attached hydrogen (secondary N) is 1. The van der Waals surface area contributed by atoms with Crippen molar-refractivity contribution in [2.75, 3.05) is 59.9 Å². The fourth-order valence-corrected chi connectivity index (χ4v) is 2.65. The van der Waals surface area contributed by atoms with E-state index < -0.39 is 0 Å². The van der Waals surface area contributed by atoms with Gasteiger partial charge in [0.05, 0.1) is 6.54 Å². The molecule has 0 spiro atoms. The SMILES string of the molecule is C=CCCCN(C)C(=NCC(C)N1CCN(C)CC1)NCC. The van der Waals surface area contributed by atoms with Crippen LogP contribution in [0.5, 0.6) is 0 Å². The maximum Gasteiger partial charge on any atom is 0.193 e. The van der Waals surface area contributed by atoms with Crippen molar-refractivity contribution in [3.8, 4) is 0 Å². The van der Waals surface area contributed by atoms with E-state index in [9.17, 15) is 0 Å².